The van der Waals surface area contributed by atoms with Crippen LogP contribution < -0.4 is 0 Å². The Balaban J connectivity index is 1.13. The van der Waals surface area contributed by atoms with E-state index in [1.165, 1.54) is 71.2 Å². The number of benzene rings is 9. The summed E-state index contributed by atoms with van der Waals surface area (Å²) in [6, 6.07) is 70.1. The van der Waals surface area contributed by atoms with Gasteiger partial charge in [-0.1, -0.05) is 115 Å². The van der Waals surface area contributed by atoms with Gasteiger partial charge in [0, 0.05) is 44.2 Å². The average molecular weight is 701 g/mol. The Hall–Kier alpha value is -7.43. The molecule has 0 radical (unpaired) electrons. The molecule has 3 aromatic heterocycles. The van der Waals surface area contributed by atoms with Crippen LogP contribution in [0.15, 0.2) is 194 Å². The highest BCUT2D eigenvalue weighted by Crippen LogP contribution is 2.44. The normalized spacial score (nSPS) is 12.0. The molecular formula is C51H32N4. The summed E-state index contributed by atoms with van der Waals surface area (Å²) >= 11 is 0. The van der Waals surface area contributed by atoms with Gasteiger partial charge in [0.1, 0.15) is 5.82 Å². The van der Waals surface area contributed by atoms with Gasteiger partial charge in [0.2, 0.25) is 0 Å². The molecule has 0 atom stereocenters. The van der Waals surface area contributed by atoms with E-state index < -0.39 is 0 Å². The van der Waals surface area contributed by atoms with Crippen molar-refractivity contribution in [1.82, 2.24) is 18.7 Å². The fraction of sp³-hybridized carbons (Fsp3) is 0. The number of para-hydroxylation sites is 4. The lowest BCUT2D eigenvalue weighted by Crippen LogP contribution is -1.98. The molecule has 4 heteroatoms. The zero-order valence-corrected chi connectivity index (χ0v) is 29.8. The largest absolute Gasteiger partial charge is 0.309 e. The Kier molecular flexibility index (Phi) is 6.31. The first-order chi connectivity index (χ1) is 27.3. The van der Waals surface area contributed by atoms with Crippen LogP contribution in [-0.2, 0) is 0 Å². The minimum Gasteiger partial charge on any atom is -0.309 e. The maximum Gasteiger partial charge on any atom is 0.145 e. The van der Waals surface area contributed by atoms with Crippen LogP contribution in [0.1, 0.15) is 0 Å². The Morgan fingerprint density at radius 2 is 0.945 bits per heavy atom. The number of aromatic nitrogens is 4. The van der Waals surface area contributed by atoms with Crippen LogP contribution in [0.4, 0.5) is 0 Å². The summed E-state index contributed by atoms with van der Waals surface area (Å²) in [5, 5.41) is 7.56. The number of rotatable bonds is 5. The first kappa shape index (κ1) is 30.1. The highest BCUT2D eigenvalue weighted by molar-refractivity contribution is 6.27. The van der Waals surface area contributed by atoms with Gasteiger partial charge < -0.3 is 9.13 Å². The van der Waals surface area contributed by atoms with Gasteiger partial charge in [-0.05, 0) is 101 Å². The third kappa shape index (κ3) is 4.37. The van der Waals surface area contributed by atoms with Gasteiger partial charge in [-0.25, -0.2) is 4.98 Å². The molecule has 9 aromatic carbocycles. The summed E-state index contributed by atoms with van der Waals surface area (Å²) in [5.41, 5.74) is 13.8. The molecule has 3 heterocycles. The maximum atomic E-state index is 5.15. The first-order valence-electron chi connectivity index (χ1n) is 18.8. The Labute approximate surface area is 316 Å². The molecule has 256 valence electrons. The fourth-order valence-corrected chi connectivity index (χ4v) is 9.04. The van der Waals surface area contributed by atoms with E-state index in [-0.39, 0.29) is 0 Å². The molecule has 12 aromatic rings. The van der Waals surface area contributed by atoms with Gasteiger partial charge in [-0.15, -0.1) is 0 Å². The number of hydrogen-bond acceptors (Lipinski definition) is 1. The highest BCUT2D eigenvalue weighted by atomic mass is 15.1. The van der Waals surface area contributed by atoms with Crippen LogP contribution in [0.3, 0.4) is 0 Å². The molecule has 0 spiro atoms. The summed E-state index contributed by atoms with van der Waals surface area (Å²) in [6.07, 6.45) is 0. The lowest BCUT2D eigenvalue weighted by atomic mass is 9.94. The topological polar surface area (TPSA) is 27.7 Å². The molecule has 0 aliphatic heterocycles. The van der Waals surface area contributed by atoms with Crippen LogP contribution in [0.25, 0.3) is 105 Å². The Morgan fingerprint density at radius 1 is 0.327 bits per heavy atom. The first-order valence-corrected chi connectivity index (χ1v) is 18.8. The van der Waals surface area contributed by atoms with E-state index in [2.05, 4.69) is 208 Å². The molecule has 0 N–H and O–H groups in total. The van der Waals surface area contributed by atoms with Crippen molar-refractivity contribution in [2.24, 2.45) is 0 Å². The van der Waals surface area contributed by atoms with Gasteiger partial charge in [-0.3, -0.25) is 4.57 Å². The zero-order chi connectivity index (χ0) is 36.0. The molecule has 0 aliphatic rings. The molecule has 0 fully saturated rings. The Bertz CT molecular complexity index is 3410. The summed E-state index contributed by atoms with van der Waals surface area (Å²) < 4.78 is 7.12. The van der Waals surface area contributed by atoms with Crippen LogP contribution in [0.5, 0.6) is 0 Å². The second kappa shape index (κ2) is 11.5. The summed E-state index contributed by atoms with van der Waals surface area (Å²) in [4.78, 5) is 5.15. The van der Waals surface area contributed by atoms with Crippen molar-refractivity contribution in [3.05, 3.63) is 194 Å². The average Bonchev–Trinajstić information content (AvgIpc) is 3.92. The van der Waals surface area contributed by atoms with Crippen molar-refractivity contribution in [3.63, 3.8) is 0 Å². The molecule has 12 rings (SSSR count). The summed E-state index contributed by atoms with van der Waals surface area (Å²) in [5.74, 6) is 0.932. The van der Waals surface area contributed by atoms with Crippen molar-refractivity contribution < 1.29 is 0 Å². The van der Waals surface area contributed by atoms with Gasteiger partial charge >= 0.3 is 0 Å². The summed E-state index contributed by atoms with van der Waals surface area (Å²) in [6.45, 7) is 0. The number of imidazole rings is 1. The minimum absolute atomic E-state index is 0.932. The SMILES string of the molecule is c1ccc(-c2nc3ccccc3n2-c2ccc3c(c2)c2cc(-c4ccc5c6c4ccc4cccc(c46)n5-c4ccccc4)ccc2n3-c2ccccc2)cc1. The maximum absolute atomic E-state index is 5.15. The van der Waals surface area contributed by atoms with Crippen molar-refractivity contribution in [1.29, 1.82) is 0 Å². The predicted molar refractivity (Wildman–Crippen MR) is 229 cm³/mol. The van der Waals surface area contributed by atoms with E-state index in [9.17, 15) is 0 Å². The summed E-state index contributed by atoms with van der Waals surface area (Å²) in [7, 11) is 0. The quantitative estimate of drug-likeness (QED) is 0.164. The van der Waals surface area contributed by atoms with Crippen molar-refractivity contribution >= 4 is 65.4 Å². The fourth-order valence-electron chi connectivity index (χ4n) is 9.04. The van der Waals surface area contributed by atoms with Gasteiger partial charge in [0.15, 0.2) is 0 Å². The number of fused-ring (bicyclic) bond motifs is 4. The van der Waals surface area contributed by atoms with Crippen LogP contribution in [0.2, 0.25) is 0 Å². The molecule has 0 saturated carbocycles. The lowest BCUT2D eigenvalue weighted by Gasteiger charge is -2.11. The van der Waals surface area contributed by atoms with E-state index in [1.54, 1.807) is 0 Å². The van der Waals surface area contributed by atoms with E-state index >= 15 is 0 Å². The molecule has 0 unspecified atom stereocenters. The van der Waals surface area contributed by atoms with E-state index in [4.69, 9.17) is 4.98 Å². The van der Waals surface area contributed by atoms with Gasteiger partial charge in [-0.2, -0.15) is 0 Å². The molecular weight excluding hydrogens is 669 g/mol. The second-order valence-corrected chi connectivity index (χ2v) is 14.4. The molecule has 0 amide bonds. The predicted octanol–water partition coefficient (Wildman–Crippen LogP) is 13.1. The van der Waals surface area contributed by atoms with E-state index in [1.807, 2.05) is 0 Å². The third-order valence-corrected chi connectivity index (χ3v) is 11.4. The van der Waals surface area contributed by atoms with Crippen molar-refractivity contribution in [2.75, 3.05) is 0 Å². The lowest BCUT2D eigenvalue weighted by molar-refractivity contribution is 1.10. The van der Waals surface area contributed by atoms with Gasteiger partial charge in [0.05, 0.1) is 33.1 Å². The third-order valence-electron chi connectivity index (χ3n) is 11.4. The standard InChI is InChI=1S/C51H32N4/c1-4-13-34(14-5-1)51-52-43-20-10-11-21-46(43)55(51)38-25-29-45-42(32-38)41-31-35(24-28-44(41)53(45)36-16-6-2-7-17-36)39-27-30-48-50-40(39)26-23-33-15-12-22-47(49(33)50)54(48)37-18-8-3-9-19-37/h1-32H. The van der Waals surface area contributed by atoms with Gasteiger partial charge in [0.25, 0.3) is 0 Å². The molecule has 0 aliphatic carbocycles. The molecule has 0 saturated heterocycles. The molecule has 55 heavy (non-hydrogen) atoms. The Morgan fingerprint density at radius 3 is 1.73 bits per heavy atom. The second-order valence-electron chi connectivity index (χ2n) is 14.4. The smallest absolute Gasteiger partial charge is 0.145 e. The molecule has 4 nitrogen and oxygen atoms in total. The zero-order valence-electron chi connectivity index (χ0n) is 29.8. The highest BCUT2D eigenvalue weighted by Gasteiger charge is 2.21. The monoisotopic (exact) mass is 700 g/mol. The van der Waals surface area contributed by atoms with E-state index in [0.717, 1.165) is 33.8 Å². The van der Waals surface area contributed by atoms with Crippen LogP contribution >= 0.6 is 0 Å². The number of nitrogens with zero attached hydrogens (tertiary/aromatic N) is 4. The number of hydrogen-bond donors (Lipinski definition) is 0. The van der Waals surface area contributed by atoms with Crippen LogP contribution in [0, 0.1) is 0 Å². The van der Waals surface area contributed by atoms with Crippen LogP contribution in [-0.4, -0.2) is 18.7 Å². The molecule has 0 bridgehead atoms. The van der Waals surface area contributed by atoms with Crippen molar-refractivity contribution in [2.45, 2.75) is 0 Å². The van der Waals surface area contributed by atoms with E-state index in [0.29, 0.717) is 0 Å². The minimum atomic E-state index is 0.932. The van der Waals surface area contributed by atoms with Crippen molar-refractivity contribution in [3.8, 4) is 39.6 Å².